The molecule has 9 nitrogen and oxygen atoms in total. The molecule has 1 aromatic carbocycles. The molecule has 1 saturated heterocycles. The molecule has 0 unspecified atom stereocenters. The molecule has 166 valence electrons. The Morgan fingerprint density at radius 3 is 2.29 bits per heavy atom. The molecule has 0 bridgehead atoms. The molecule has 2 aliphatic rings. The fourth-order valence-corrected chi connectivity index (χ4v) is 3.61. The van der Waals surface area contributed by atoms with E-state index < -0.39 is 11.9 Å². The van der Waals surface area contributed by atoms with Crippen LogP contribution in [0.3, 0.4) is 0 Å². The van der Waals surface area contributed by atoms with Crippen molar-refractivity contribution in [3.8, 4) is 0 Å². The fourth-order valence-electron chi connectivity index (χ4n) is 3.61. The first kappa shape index (κ1) is 22.5. The summed E-state index contributed by atoms with van der Waals surface area (Å²) in [5, 5.41) is 2.87. The Hall–Kier alpha value is -3.20. The monoisotopic (exact) mass is 428 g/mol. The van der Waals surface area contributed by atoms with E-state index >= 15 is 0 Å². The molecule has 1 N–H and O–H groups in total. The van der Waals surface area contributed by atoms with Crippen molar-refractivity contribution in [2.75, 3.05) is 44.2 Å². The Labute approximate surface area is 181 Å². The number of carbonyl (C=O) groups excluding carboxylic acids is 4. The first-order chi connectivity index (χ1) is 14.8. The zero-order chi connectivity index (χ0) is 22.5. The first-order valence-corrected chi connectivity index (χ1v) is 10.4. The predicted octanol–water partition coefficient (Wildman–Crippen LogP) is 0.763. The van der Waals surface area contributed by atoms with Crippen molar-refractivity contribution in [1.29, 1.82) is 0 Å². The van der Waals surface area contributed by atoms with Crippen molar-refractivity contribution in [1.82, 2.24) is 15.1 Å². The highest BCUT2D eigenvalue weighted by molar-refractivity contribution is 6.30. The molecule has 1 aromatic rings. The van der Waals surface area contributed by atoms with Crippen LogP contribution in [-0.2, 0) is 19.1 Å². The smallest absolute Gasteiger partial charge is 0.338 e. The van der Waals surface area contributed by atoms with Crippen LogP contribution in [-0.4, -0.2) is 78.9 Å². The predicted molar refractivity (Wildman–Crippen MR) is 114 cm³/mol. The summed E-state index contributed by atoms with van der Waals surface area (Å²) < 4.78 is 4.95. The highest BCUT2D eigenvalue weighted by Crippen LogP contribution is 2.25. The molecular weight excluding hydrogens is 400 g/mol. The van der Waals surface area contributed by atoms with Crippen LogP contribution in [0.25, 0.3) is 0 Å². The third kappa shape index (κ3) is 5.29. The first-order valence-electron chi connectivity index (χ1n) is 10.4. The molecule has 3 amide bonds. The Morgan fingerprint density at radius 1 is 1.06 bits per heavy atom. The zero-order valence-electron chi connectivity index (χ0n) is 18.1. The van der Waals surface area contributed by atoms with Crippen LogP contribution in [0.1, 0.15) is 31.1 Å². The van der Waals surface area contributed by atoms with Gasteiger partial charge in [0, 0.05) is 38.3 Å². The van der Waals surface area contributed by atoms with Gasteiger partial charge < -0.3 is 15.0 Å². The molecule has 31 heavy (non-hydrogen) atoms. The van der Waals surface area contributed by atoms with E-state index in [4.69, 9.17) is 4.74 Å². The molecule has 0 spiro atoms. The van der Waals surface area contributed by atoms with E-state index in [1.54, 1.807) is 19.1 Å². The van der Waals surface area contributed by atoms with Crippen LogP contribution in [0, 0.1) is 0 Å². The number of benzene rings is 1. The number of amides is 3. The van der Waals surface area contributed by atoms with Gasteiger partial charge in [-0.05, 0) is 45.0 Å². The maximum Gasteiger partial charge on any atom is 0.338 e. The second-order valence-electron chi connectivity index (χ2n) is 7.76. The molecule has 0 saturated carbocycles. The summed E-state index contributed by atoms with van der Waals surface area (Å²) >= 11 is 0. The van der Waals surface area contributed by atoms with Gasteiger partial charge in [-0.15, -0.1) is 0 Å². The summed E-state index contributed by atoms with van der Waals surface area (Å²) in [6.07, 6.45) is 1.35. The topological polar surface area (TPSA) is 99.3 Å². The molecular formula is C22H28N4O5. The summed E-state index contributed by atoms with van der Waals surface area (Å²) in [5.74, 6) is -1.28. The van der Waals surface area contributed by atoms with Crippen LogP contribution in [0.5, 0.6) is 0 Å². The van der Waals surface area contributed by atoms with E-state index in [1.807, 2.05) is 23.6 Å². The van der Waals surface area contributed by atoms with Gasteiger partial charge in [-0.1, -0.05) is 0 Å². The van der Waals surface area contributed by atoms with E-state index in [1.165, 1.54) is 18.2 Å². The van der Waals surface area contributed by atoms with Crippen molar-refractivity contribution >= 4 is 29.4 Å². The lowest BCUT2D eigenvalue weighted by atomic mass is 10.2. The van der Waals surface area contributed by atoms with Crippen LogP contribution in [0.15, 0.2) is 36.0 Å². The van der Waals surface area contributed by atoms with Gasteiger partial charge in [0.15, 0.2) is 0 Å². The fraction of sp³-hybridized carbons (Fsp3) is 0.455. The lowest BCUT2D eigenvalue weighted by Crippen LogP contribution is -2.50. The quantitative estimate of drug-likeness (QED) is 0.506. The van der Waals surface area contributed by atoms with Crippen molar-refractivity contribution in [2.24, 2.45) is 0 Å². The second-order valence-corrected chi connectivity index (χ2v) is 7.76. The zero-order valence-corrected chi connectivity index (χ0v) is 18.1. The summed E-state index contributed by atoms with van der Waals surface area (Å²) in [7, 11) is 0. The molecule has 3 rings (SSSR count). The summed E-state index contributed by atoms with van der Waals surface area (Å²) in [5.41, 5.74) is 1.11. The van der Waals surface area contributed by atoms with Gasteiger partial charge >= 0.3 is 5.97 Å². The number of esters is 1. The molecule has 0 aliphatic carbocycles. The molecule has 9 heteroatoms. The normalized spacial score (nSPS) is 17.2. The van der Waals surface area contributed by atoms with Gasteiger partial charge in [0.05, 0.1) is 24.4 Å². The van der Waals surface area contributed by atoms with Crippen LogP contribution >= 0.6 is 0 Å². The summed E-state index contributed by atoms with van der Waals surface area (Å²) in [4.78, 5) is 54.2. The maximum atomic E-state index is 12.9. The van der Waals surface area contributed by atoms with Gasteiger partial charge in [-0.25, -0.2) is 9.69 Å². The highest BCUT2D eigenvalue weighted by atomic mass is 16.5. The molecule has 1 fully saturated rings. The average molecular weight is 428 g/mol. The van der Waals surface area contributed by atoms with E-state index in [0.29, 0.717) is 49.7 Å². The number of nitrogens with one attached hydrogen (secondary N) is 1. The van der Waals surface area contributed by atoms with Crippen molar-refractivity contribution < 1.29 is 23.9 Å². The minimum atomic E-state index is -0.452. The standard InChI is InChI=1S/C22H28N4O5/c1-4-31-22(30)16-5-7-17(8-6-16)26-20(28)13-18(21(26)29)25-11-9-24(10-12-25)14-19(27)23-15(2)3/h5-8,13,15H,4,9-12,14H2,1-3H3,(H,23,27). The number of nitrogens with zero attached hydrogens (tertiary/aromatic N) is 3. The lowest BCUT2D eigenvalue weighted by molar-refractivity contribution is -0.124. The number of rotatable bonds is 7. The van der Waals surface area contributed by atoms with Crippen LogP contribution in [0.2, 0.25) is 0 Å². The number of carbonyl (C=O) groups is 4. The Kier molecular flexibility index (Phi) is 7.06. The Bertz CT molecular complexity index is 886. The largest absolute Gasteiger partial charge is 0.462 e. The maximum absolute atomic E-state index is 12.9. The SMILES string of the molecule is CCOC(=O)c1ccc(N2C(=O)C=C(N3CCN(CC(=O)NC(C)C)CC3)C2=O)cc1. The summed E-state index contributed by atoms with van der Waals surface area (Å²) in [6, 6.07) is 6.28. The van der Waals surface area contributed by atoms with Crippen molar-refractivity contribution in [2.45, 2.75) is 26.8 Å². The minimum Gasteiger partial charge on any atom is -0.462 e. The molecule has 0 atom stereocenters. The van der Waals surface area contributed by atoms with E-state index in [-0.39, 0.29) is 24.5 Å². The molecule has 0 aromatic heterocycles. The van der Waals surface area contributed by atoms with Gasteiger partial charge in [-0.3, -0.25) is 19.3 Å². The van der Waals surface area contributed by atoms with Crippen molar-refractivity contribution in [3.05, 3.63) is 41.6 Å². The molecule has 2 heterocycles. The Morgan fingerprint density at radius 2 is 1.71 bits per heavy atom. The third-order valence-electron chi connectivity index (χ3n) is 5.07. The number of imide groups is 1. The number of hydrogen-bond donors (Lipinski definition) is 1. The van der Waals surface area contributed by atoms with E-state index in [9.17, 15) is 19.2 Å². The molecule has 0 radical (unpaired) electrons. The van der Waals surface area contributed by atoms with Crippen LogP contribution in [0.4, 0.5) is 5.69 Å². The number of hydrogen-bond acceptors (Lipinski definition) is 7. The lowest BCUT2D eigenvalue weighted by Gasteiger charge is -2.35. The van der Waals surface area contributed by atoms with Gasteiger partial charge in [0.1, 0.15) is 5.70 Å². The minimum absolute atomic E-state index is 0.0211. The summed E-state index contributed by atoms with van der Waals surface area (Å²) in [6.45, 7) is 8.50. The second kappa shape index (κ2) is 9.74. The van der Waals surface area contributed by atoms with Gasteiger partial charge in [-0.2, -0.15) is 0 Å². The van der Waals surface area contributed by atoms with Crippen LogP contribution < -0.4 is 10.2 Å². The number of ether oxygens (including phenoxy) is 1. The van der Waals surface area contributed by atoms with Gasteiger partial charge in [0.2, 0.25) is 5.91 Å². The van der Waals surface area contributed by atoms with E-state index in [2.05, 4.69) is 5.32 Å². The highest BCUT2D eigenvalue weighted by Gasteiger charge is 2.36. The Balaban J connectivity index is 1.60. The number of anilines is 1. The molecule has 2 aliphatic heterocycles. The average Bonchev–Trinajstić information content (AvgIpc) is 3.02. The third-order valence-corrected chi connectivity index (χ3v) is 5.07. The number of piperazine rings is 1. The van der Waals surface area contributed by atoms with Gasteiger partial charge in [0.25, 0.3) is 11.8 Å². The van der Waals surface area contributed by atoms with Crippen molar-refractivity contribution in [3.63, 3.8) is 0 Å². The van der Waals surface area contributed by atoms with E-state index in [0.717, 1.165) is 4.90 Å².